The van der Waals surface area contributed by atoms with E-state index in [4.69, 9.17) is 9.84 Å². The van der Waals surface area contributed by atoms with Crippen molar-refractivity contribution in [3.05, 3.63) is 24.4 Å². The van der Waals surface area contributed by atoms with Gasteiger partial charge < -0.3 is 24.4 Å². The first kappa shape index (κ1) is 23.1. The molecule has 0 saturated carbocycles. The Labute approximate surface area is 200 Å². The number of nitrogens with zero attached hydrogens (tertiary/aromatic N) is 7. The van der Waals surface area contributed by atoms with Gasteiger partial charge in [-0.2, -0.15) is 4.80 Å². The van der Waals surface area contributed by atoms with Crippen LogP contribution in [0, 0.1) is 11.8 Å². The molecule has 2 atom stereocenters. The second-order valence-corrected chi connectivity index (χ2v) is 9.26. The van der Waals surface area contributed by atoms with Crippen molar-refractivity contribution in [1.82, 2.24) is 25.2 Å². The fourth-order valence-electron chi connectivity index (χ4n) is 4.47. The van der Waals surface area contributed by atoms with Crippen LogP contribution in [0.15, 0.2) is 24.4 Å². The van der Waals surface area contributed by atoms with Gasteiger partial charge in [-0.05, 0) is 17.3 Å². The molecule has 35 heavy (non-hydrogen) atoms. The number of fused-ring (bicyclic) bond motifs is 1. The van der Waals surface area contributed by atoms with E-state index in [-0.39, 0.29) is 24.1 Å². The molecule has 0 radical (unpaired) electrons. The lowest BCUT2D eigenvalue weighted by atomic mass is 10.0. The smallest absolute Gasteiger partial charge is 0.497 e. The number of hydrogen-bond acceptors (Lipinski definition) is 10. The average Bonchev–Trinajstić information content (AvgIpc) is 3.55. The molecule has 15 heteroatoms. The molecule has 2 aromatic heterocycles. The second kappa shape index (κ2) is 8.87. The molecule has 0 aliphatic carbocycles. The normalized spacial score (nSPS) is 19.8. The fourth-order valence-corrected chi connectivity index (χ4v) is 5.33. The fraction of sp³-hybridized carbons (Fsp3) is 0.450. The van der Waals surface area contributed by atoms with Gasteiger partial charge in [-0.1, -0.05) is 11.3 Å². The number of methoxy groups -OCH3 is 1. The Morgan fingerprint density at radius 3 is 2.57 bits per heavy atom. The van der Waals surface area contributed by atoms with Crippen molar-refractivity contribution < 1.29 is 32.5 Å². The summed E-state index contributed by atoms with van der Waals surface area (Å²) in [5.74, 6) is -0.0808. The highest BCUT2D eigenvalue weighted by atomic mass is 32.1. The number of hydrogen-bond donors (Lipinski definition) is 1. The SMILES string of the molecule is COc1ccc(OC(F)(F)F)c(N2CC3CN(c4ncc(-c5nnn(CC(=O)O)n5)s4)CC3C2)c1. The molecule has 0 spiro atoms. The molecule has 5 rings (SSSR count). The standard InChI is InChI=1S/C20H20F3N7O4S/c1-33-13-2-3-15(34-20(21,22)23)14(4-13)28-6-11-8-29(9-12(11)7-28)19-24-5-16(35-19)18-25-27-30(26-18)10-17(31)32/h2-5,11-12H,6-10H2,1H3,(H,31,32). The molecule has 2 aliphatic heterocycles. The highest BCUT2D eigenvalue weighted by molar-refractivity contribution is 7.18. The number of carboxylic acid groups (broad SMARTS) is 1. The zero-order valence-electron chi connectivity index (χ0n) is 18.3. The van der Waals surface area contributed by atoms with Gasteiger partial charge in [0.25, 0.3) is 0 Å². The molecular weight excluding hydrogens is 491 g/mol. The lowest BCUT2D eigenvalue weighted by molar-refractivity contribution is -0.274. The molecule has 2 unspecified atom stereocenters. The molecular formula is C20H20F3N7O4S. The zero-order chi connectivity index (χ0) is 24.7. The quantitative estimate of drug-likeness (QED) is 0.506. The van der Waals surface area contributed by atoms with E-state index >= 15 is 0 Å². The van der Waals surface area contributed by atoms with Crippen LogP contribution < -0.4 is 19.3 Å². The number of aliphatic carboxylic acids is 1. The Morgan fingerprint density at radius 1 is 1.20 bits per heavy atom. The van der Waals surface area contributed by atoms with Crippen molar-refractivity contribution in [2.75, 3.05) is 43.1 Å². The highest BCUT2D eigenvalue weighted by Gasteiger charge is 2.42. The molecule has 11 nitrogen and oxygen atoms in total. The van der Waals surface area contributed by atoms with Crippen molar-refractivity contribution >= 4 is 28.1 Å². The minimum absolute atomic E-state index is 0.238. The first-order chi connectivity index (χ1) is 16.7. The maximum Gasteiger partial charge on any atom is 0.573 e. The van der Waals surface area contributed by atoms with Gasteiger partial charge in [-0.25, -0.2) is 4.98 Å². The molecule has 3 aromatic rings. The van der Waals surface area contributed by atoms with Crippen LogP contribution in [0.25, 0.3) is 10.7 Å². The van der Waals surface area contributed by atoms with Crippen LogP contribution in [-0.4, -0.2) is 75.9 Å². The number of thiazole rings is 1. The molecule has 186 valence electrons. The Balaban J connectivity index is 1.27. The molecule has 2 aliphatic rings. The summed E-state index contributed by atoms with van der Waals surface area (Å²) < 4.78 is 48.2. The number of rotatable bonds is 7. The van der Waals surface area contributed by atoms with E-state index in [9.17, 15) is 18.0 Å². The number of benzene rings is 1. The monoisotopic (exact) mass is 511 g/mol. The lowest BCUT2D eigenvalue weighted by Crippen LogP contribution is -2.29. The van der Waals surface area contributed by atoms with E-state index in [0.717, 1.165) is 9.93 Å². The van der Waals surface area contributed by atoms with E-state index in [1.165, 1.54) is 30.6 Å². The number of carboxylic acids is 1. The number of halogens is 3. The minimum Gasteiger partial charge on any atom is -0.497 e. The summed E-state index contributed by atoms with van der Waals surface area (Å²) in [6.07, 6.45) is -3.16. The minimum atomic E-state index is -4.79. The van der Waals surface area contributed by atoms with E-state index in [2.05, 4.69) is 30.0 Å². The summed E-state index contributed by atoms with van der Waals surface area (Å²) in [4.78, 5) is 21.0. The number of anilines is 2. The molecule has 1 aromatic carbocycles. The summed E-state index contributed by atoms with van der Waals surface area (Å²) in [5, 5.41) is 21.3. The van der Waals surface area contributed by atoms with Gasteiger partial charge in [0, 0.05) is 44.1 Å². The third-order valence-corrected chi connectivity index (χ3v) is 6.99. The summed E-state index contributed by atoms with van der Waals surface area (Å²) in [6, 6.07) is 4.29. The van der Waals surface area contributed by atoms with Gasteiger partial charge in [-0.15, -0.1) is 23.4 Å². The van der Waals surface area contributed by atoms with E-state index in [1.807, 2.05) is 4.90 Å². The van der Waals surface area contributed by atoms with E-state index in [1.54, 1.807) is 12.3 Å². The van der Waals surface area contributed by atoms with Crippen LogP contribution in [0.2, 0.25) is 0 Å². The van der Waals surface area contributed by atoms with Crippen LogP contribution in [0.3, 0.4) is 0 Å². The average molecular weight is 511 g/mol. The summed E-state index contributed by atoms with van der Waals surface area (Å²) in [6.45, 7) is 2.17. The summed E-state index contributed by atoms with van der Waals surface area (Å²) in [5.41, 5.74) is 0.356. The van der Waals surface area contributed by atoms with Crippen molar-refractivity contribution in [2.24, 2.45) is 11.8 Å². The van der Waals surface area contributed by atoms with E-state index in [0.29, 0.717) is 48.3 Å². The number of tetrazole rings is 1. The van der Waals surface area contributed by atoms with Crippen LogP contribution in [-0.2, 0) is 11.3 Å². The van der Waals surface area contributed by atoms with Crippen molar-refractivity contribution in [1.29, 1.82) is 0 Å². The number of alkyl halides is 3. The van der Waals surface area contributed by atoms with Gasteiger partial charge in [0.1, 0.15) is 5.75 Å². The van der Waals surface area contributed by atoms with Crippen LogP contribution in [0.5, 0.6) is 11.5 Å². The van der Waals surface area contributed by atoms with Crippen LogP contribution in [0.4, 0.5) is 24.0 Å². The van der Waals surface area contributed by atoms with Gasteiger partial charge in [0.15, 0.2) is 17.4 Å². The van der Waals surface area contributed by atoms with Crippen molar-refractivity contribution in [2.45, 2.75) is 12.9 Å². The number of ether oxygens (including phenoxy) is 2. The predicted octanol–water partition coefficient (Wildman–Crippen LogP) is 2.36. The second-order valence-electron chi connectivity index (χ2n) is 8.26. The molecule has 4 heterocycles. The first-order valence-electron chi connectivity index (χ1n) is 10.6. The molecule has 2 fully saturated rings. The molecule has 0 amide bonds. The van der Waals surface area contributed by atoms with Gasteiger partial charge >= 0.3 is 12.3 Å². The molecule has 1 N–H and O–H groups in total. The number of carbonyl (C=O) groups is 1. The summed E-state index contributed by atoms with van der Waals surface area (Å²) in [7, 11) is 1.46. The Hall–Kier alpha value is -3.62. The third-order valence-electron chi connectivity index (χ3n) is 5.93. The maximum atomic E-state index is 12.9. The molecule has 0 bridgehead atoms. The Bertz CT molecular complexity index is 1220. The van der Waals surface area contributed by atoms with Gasteiger partial charge in [0.2, 0.25) is 5.82 Å². The van der Waals surface area contributed by atoms with E-state index < -0.39 is 12.3 Å². The summed E-state index contributed by atoms with van der Waals surface area (Å²) >= 11 is 1.38. The first-order valence-corrected chi connectivity index (χ1v) is 11.4. The van der Waals surface area contributed by atoms with Crippen LogP contribution >= 0.6 is 11.3 Å². The van der Waals surface area contributed by atoms with Crippen molar-refractivity contribution in [3.63, 3.8) is 0 Å². The Kier molecular flexibility index (Phi) is 5.86. The highest BCUT2D eigenvalue weighted by Crippen LogP contribution is 2.42. The number of aromatic nitrogens is 5. The third kappa shape index (κ3) is 4.94. The topological polar surface area (TPSA) is 119 Å². The predicted molar refractivity (Wildman–Crippen MR) is 118 cm³/mol. The van der Waals surface area contributed by atoms with Gasteiger partial charge in [-0.3, -0.25) is 4.79 Å². The largest absolute Gasteiger partial charge is 0.573 e. The van der Waals surface area contributed by atoms with Crippen molar-refractivity contribution in [3.8, 4) is 22.2 Å². The lowest BCUT2D eigenvalue weighted by Gasteiger charge is -2.25. The Morgan fingerprint density at radius 2 is 1.91 bits per heavy atom. The van der Waals surface area contributed by atoms with Crippen LogP contribution in [0.1, 0.15) is 0 Å². The molecule has 2 saturated heterocycles. The van der Waals surface area contributed by atoms with Gasteiger partial charge in [0.05, 0.1) is 23.9 Å². The maximum absolute atomic E-state index is 12.9. The zero-order valence-corrected chi connectivity index (χ0v) is 19.2.